The number of aliphatic carboxylic acids is 1. The first-order valence-electron chi connectivity index (χ1n) is 7.39. The molecule has 1 fully saturated rings. The Morgan fingerprint density at radius 3 is 2.29 bits per heavy atom. The Morgan fingerprint density at radius 1 is 1.19 bits per heavy atom. The van der Waals surface area contributed by atoms with Crippen LogP contribution < -0.4 is 5.32 Å². The second kappa shape index (κ2) is 5.88. The third kappa shape index (κ3) is 4.06. The smallest absolute Gasteiger partial charge is 0.307 e. The van der Waals surface area contributed by atoms with Crippen molar-refractivity contribution >= 4 is 11.9 Å². The zero-order valence-electron chi connectivity index (χ0n) is 12.8. The summed E-state index contributed by atoms with van der Waals surface area (Å²) in [6.07, 6.45) is 1.24. The summed E-state index contributed by atoms with van der Waals surface area (Å²) in [6, 6.07) is 8.42. The largest absolute Gasteiger partial charge is 0.481 e. The lowest BCUT2D eigenvalue weighted by Crippen LogP contribution is -2.28. The van der Waals surface area contributed by atoms with Crippen LogP contribution in [0, 0.1) is 11.8 Å². The maximum absolute atomic E-state index is 11.7. The van der Waals surface area contributed by atoms with E-state index >= 15 is 0 Å². The predicted molar refractivity (Wildman–Crippen MR) is 81.1 cm³/mol. The minimum atomic E-state index is -0.868. The molecular formula is C17H23NO3. The quantitative estimate of drug-likeness (QED) is 0.874. The summed E-state index contributed by atoms with van der Waals surface area (Å²) in [7, 11) is 0. The van der Waals surface area contributed by atoms with Gasteiger partial charge in [0.2, 0.25) is 5.91 Å². The number of carbonyl (C=O) groups is 2. The normalized spacial score (nSPS) is 20.9. The van der Waals surface area contributed by atoms with Crippen LogP contribution in [0.5, 0.6) is 0 Å². The Balaban J connectivity index is 1.77. The standard InChI is InChI=1S/C17H23NO3/c1-17(2,3)12-6-4-11(5-7-12)8-9-18-15(19)13-10-14(13)16(20)21/h4-7,13-14H,8-10H2,1-3H3,(H,18,19)(H,20,21). The minimum Gasteiger partial charge on any atom is -0.481 e. The average Bonchev–Trinajstić information content (AvgIpc) is 3.18. The van der Waals surface area contributed by atoms with Crippen molar-refractivity contribution in [1.29, 1.82) is 0 Å². The van der Waals surface area contributed by atoms with Crippen molar-refractivity contribution in [3.05, 3.63) is 35.4 Å². The van der Waals surface area contributed by atoms with E-state index in [1.54, 1.807) is 0 Å². The van der Waals surface area contributed by atoms with Crippen LogP contribution in [0.1, 0.15) is 38.3 Å². The first kappa shape index (κ1) is 15.5. The number of nitrogens with one attached hydrogen (secondary N) is 1. The summed E-state index contributed by atoms with van der Waals surface area (Å²) >= 11 is 0. The molecule has 1 amide bonds. The molecular weight excluding hydrogens is 266 g/mol. The number of benzene rings is 1. The Kier molecular flexibility index (Phi) is 4.35. The fourth-order valence-electron chi connectivity index (χ4n) is 2.39. The van der Waals surface area contributed by atoms with E-state index in [-0.39, 0.29) is 17.2 Å². The van der Waals surface area contributed by atoms with Gasteiger partial charge in [-0.15, -0.1) is 0 Å². The van der Waals surface area contributed by atoms with Crippen LogP contribution in [0.2, 0.25) is 0 Å². The fourth-order valence-corrected chi connectivity index (χ4v) is 2.39. The number of amides is 1. The molecule has 0 bridgehead atoms. The molecule has 1 aliphatic rings. The van der Waals surface area contributed by atoms with Crippen LogP contribution in [-0.2, 0) is 21.4 Å². The van der Waals surface area contributed by atoms with E-state index < -0.39 is 11.9 Å². The van der Waals surface area contributed by atoms with Crippen molar-refractivity contribution < 1.29 is 14.7 Å². The van der Waals surface area contributed by atoms with Gasteiger partial charge in [-0.05, 0) is 29.4 Å². The fraction of sp³-hybridized carbons (Fsp3) is 0.529. The maximum atomic E-state index is 11.7. The third-order valence-corrected chi connectivity index (χ3v) is 3.98. The number of hydrogen-bond donors (Lipinski definition) is 2. The Bertz CT molecular complexity index is 528. The molecule has 4 heteroatoms. The summed E-state index contributed by atoms with van der Waals surface area (Å²) < 4.78 is 0. The van der Waals surface area contributed by atoms with Crippen molar-refractivity contribution in [2.75, 3.05) is 6.54 Å². The lowest BCUT2D eigenvalue weighted by molar-refractivity contribution is -0.140. The van der Waals surface area contributed by atoms with Crippen molar-refractivity contribution in [2.45, 2.75) is 39.0 Å². The molecule has 0 aromatic heterocycles. The summed E-state index contributed by atoms with van der Waals surface area (Å²) in [6.45, 7) is 7.08. The summed E-state index contributed by atoms with van der Waals surface area (Å²) in [5, 5.41) is 11.6. The molecule has 2 rings (SSSR count). The van der Waals surface area contributed by atoms with Crippen molar-refractivity contribution in [1.82, 2.24) is 5.32 Å². The zero-order chi connectivity index (χ0) is 15.6. The van der Waals surface area contributed by atoms with E-state index in [4.69, 9.17) is 5.11 Å². The van der Waals surface area contributed by atoms with Crippen LogP contribution in [0.15, 0.2) is 24.3 Å². The summed E-state index contributed by atoms with van der Waals surface area (Å²) in [5.74, 6) is -1.80. The van der Waals surface area contributed by atoms with E-state index in [9.17, 15) is 9.59 Å². The molecule has 2 N–H and O–H groups in total. The van der Waals surface area contributed by atoms with Crippen molar-refractivity contribution in [3.8, 4) is 0 Å². The topological polar surface area (TPSA) is 66.4 Å². The highest BCUT2D eigenvalue weighted by Gasteiger charge is 2.48. The molecule has 2 unspecified atom stereocenters. The molecule has 0 radical (unpaired) electrons. The van der Waals surface area contributed by atoms with Crippen molar-refractivity contribution in [2.24, 2.45) is 11.8 Å². The number of carbonyl (C=O) groups excluding carboxylic acids is 1. The predicted octanol–water partition coefficient (Wildman–Crippen LogP) is 2.36. The Labute approximate surface area is 125 Å². The SMILES string of the molecule is CC(C)(C)c1ccc(CCNC(=O)C2CC2C(=O)O)cc1. The van der Waals surface area contributed by atoms with E-state index in [2.05, 4.69) is 50.4 Å². The van der Waals surface area contributed by atoms with Gasteiger partial charge >= 0.3 is 5.97 Å². The van der Waals surface area contributed by atoms with Gasteiger partial charge in [0.1, 0.15) is 0 Å². The highest BCUT2D eigenvalue weighted by atomic mass is 16.4. The summed E-state index contributed by atoms with van der Waals surface area (Å²) in [5.41, 5.74) is 2.61. The van der Waals surface area contributed by atoms with Gasteiger partial charge in [0.15, 0.2) is 0 Å². The highest BCUT2D eigenvalue weighted by Crippen LogP contribution is 2.38. The Hall–Kier alpha value is -1.84. The monoisotopic (exact) mass is 289 g/mol. The van der Waals surface area contributed by atoms with Gasteiger partial charge in [-0.3, -0.25) is 9.59 Å². The second-order valence-corrected chi connectivity index (χ2v) is 6.77. The number of rotatable bonds is 5. The van der Waals surface area contributed by atoms with Crippen LogP contribution in [0.4, 0.5) is 0 Å². The van der Waals surface area contributed by atoms with E-state index in [0.29, 0.717) is 13.0 Å². The molecule has 4 nitrogen and oxygen atoms in total. The molecule has 114 valence electrons. The number of carboxylic acid groups (broad SMARTS) is 1. The molecule has 2 atom stereocenters. The zero-order valence-corrected chi connectivity index (χ0v) is 12.8. The van der Waals surface area contributed by atoms with Gasteiger partial charge in [0.05, 0.1) is 11.8 Å². The number of carboxylic acids is 1. The summed E-state index contributed by atoms with van der Waals surface area (Å²) in [4.78, 5) is 22.4. The molecule has 0 aliphatic heterocycles. The molecule has 1 saturated carbocycles. The molecule has 21 heavy (non-hydrogen) atoms. The molecule has 0 spiro atoms. The first-order valence-corrected chi connectivity index (χ1v) is 7.39. The molecule has 1 aromatic carbocycles. The van der Waals surface area contributed by atoms with E-state index in [0.717, 1.165) is 6.42 Å². The lowest BCUT2D eigenvalue weighted by Gasteiger charge is -2.19. The average molecular weight is 289 g/mol. The third-order valence-electron chi connectivity index (χ3n) is 3.98. The molecule has 1 aliphatic carbocycles. The first-order chi connectivity index (χ1) is 9.79. The molecule has 0 heterocycles. The van der Waals surface area contributed by atoms with E-state index in [1.165, 1.54) is 11.1 Å². The molecule has 0 saturated heterocycles. The van der Waals surface area contributed by atoms with Gasteiger partial charge in [-0.25, -0.2) is 0 Å². The minimum absolute atomic E-state index is 0.131. The van der Waals surface area contributed by atoms with Crippen LogP contribution in [0.25, 0.3) is 0 Å². The highest BCUT2D eigenvalue weighted by molar-refractivity contribution is 5.89. The molecule has 1 aromatic rings. The lowest BCUT2D eigenvalue weighted by atomic mass is 9.86. The van der Waals surface area contributed by atoms with Gasteiger partial charge in [0.25, 0.3) is 0 Å². The van der Waals surface area contributed by atoms with Gasteiger partial charge in [-0.1, -0.05) is 45.0 Å². The Morgan fingerprint density at radius 2 is 1.81 bits per heavy atom. The van der Waals surface area contributed by atoms with Gasteiger partial charge in [0, 0.05) is 6.54 Å². The van der Waals surface area contributed by atoms with Crippen molar-refractivity contribution in [3.63, 3.8) is 0 Å². The van der Waals surface area contributed by atoms with Gasteiger partial charge < -0.3 is 10.4 Å². The second-order valence-electron chi connectivity index (χ2n) is 6.77. The van der Waals surface area contributed by atoms with Crippen LogP contribution in [-0.4, -0.2) is 23.5 Å². The van der Waals surface area contributed by atoms with Crippen LogP contribution in [0.3, 0.4) is 0 Å². The van der Waals surface area contributed by atoms with Crippen LogP contribution >= 0.6 is 0 Å². The number of hydrogen-bond acceptors (Lipinski definition) is 2. The maximum Gasteiger partial charge on any atom is 0.307 e. The van der Waals surface area contributed by atoms with Gasteiger partial charge in [-0.2, -0.15) is 0 Å². The van der Waals surface area contributed by atoms with E-state index in [1.807, 2.05) is 0 Å².